The van der Waals surface area contributed by atoms with Crippen LogP contribution in [0.3, 0.4) is 0 Å². The Bertz CT molecular complexity index is 448. The summed E-state index contributed by atoms with van der Waals surface area (Å²) < 4.78 is 0. The lowest BCUT2D eigenvalue weighted by atomic mass is 9.99. The first-order valence-corrected chi connectivity index (χ1v) is 6.69. The summed E-state index contributed by atoms with van der Waals surface area (Å²) in [7, 11) is 0. The monoisotopic (exact) mass is 282 g/mol. The van der Waals surface area contributed by atoms with Crippen molar-refractivity contribution in [3.63, 3.8) is 0 Å². The van der Waals surface area contributed by atoms with Gasteiger partial charge in [0.1, 0.15) is 0 Å². The molecule has 3 nitrogen and oxygen atoms in total. The van der Waals surface area contributed by atoms with Gasteiger partial charge < -0.3 is 10.6 Å². The quantitative estimate of drug-likeness (QED) is 0.875. The van der Waals surface area contributed by atoms with Crippen LogP contribution >= 0.6 is 12.4 Å². The summed E-state index contributed by atoms with van der Waals surface area (Å²) in [5.74, 6) is 0.0404. The third-order valence-electron chi connectivity index (χ3n) is 3.85. The number of nitrogens with one attached hydrogen (secondary N) is 2. The van der Waals surface area contributed by atoms with E-state index in [1.54, 1.807) is 0 Å². The minimum atomic E-state index is 0. The van der Waals surface area contributed by atoms with Crippen LogP contribution in [-0.2, 0) is 0 Å². The van der Waals surface area contributed by atoms with Gasteiger partial charge in [0, 0.05) is 17.6 Å². The molecule has 1 heterocycles. The van der Waals surface area contributed by atoms with E-state index in [9.17, 15) is 4.79 Å². The van der Waals surface area contributed by atoms with E-state index >= 15 is 0 Å². The highest BCUT2D eigenvalue weighted by molar-refractivity contribution is 5.94. The second-order valence-electron chi connectivity index (χ2n) is 5.26. The van der Waals surface area contributed by atoms with E-state index in [0.717, 1.165) is 30.5 Å². The van der Waals surface area contributed by atoms with Gasteiger partial charge in [0.2, 0.25) is 0 Å². The van der Waals surface area contributed by atoms with Gasteiger partial charge in [0.15, 0.2) is 0 Å². The zero-order valence-corrected chi connectivity index (χ0v) is 12.6. The van der Waals surface area contributed by atoms with E-state index < -0.39 is 0 Å². The summed E-state index contributed by atoms with van der Waals surface area (Å²) in [6.07, 6.45) is 2.19. The van der Waals surface area contributed by atoms with Gasteiger partial charge in [-0.2, -0.15) is 0 Å². The number of rotatable bonds is 2. The summed E-state index contributed by atoms with van der Waals surface area (Å²) in [6, 6.07) is 6.47. The fourth-order valence-electron chi connectivity index (χ4n) is 2.38. The molecular formula is C15H23ClN2O. The second-order valence-corrected chi connectivity index (χ2v) is 5.26. The molecule has 0 saturated carbocycles. The van der Waals surface area contributed by atoms with Gasteiger partial charge in [-0.05, 0) is 63.4 Å². The van der Waals surface area contributed by atoms with Crippen molar-refractivity contribution in [2.45, 2.75) is 45.7 Å². The van der Waals surface area contributed by atoms with Crippen LogP contribution in [0.2, 0.25) is 0 Å². The first kappa shape index (κ1) is 16.0. The molecule has 1 aliphatic rings. The molecule has 2 rings (SSSR count). The molecule has 0 spiro atoms. The van der Waals surface area contributed by atoms with Crippen molar-refractivity contribution in [2.75, 3.05) is 6.54 Å². The number of hydrogen-bond donors (Lipinski definition) is 2. The molecular weight excluding hydrogens is 260 g/mol. The van der Waals surface area contributed by atoms with Crippen molar-refractivity contribution in [2.24, 2.45) is 0 Å². The Morgan fingerprint density at radius 3 is 2.68 bits per heavy atom. The van der Waals surface area contributed by atoms with Crippen LogP contribution in [0, 0.1) is 13.8 Å². The molecule has 1 fully saturated rings. The summed E-state index contributed by atoms with van der Waals surface area (Å²) in [6.45, 7) is 7.28. The maximum atomic E-state index is 12.2. The van der Waals surface area contributed by atoms with Gasteiger partial charge >= 0.3 is 0 Å². The minimum absolute atomic E-state index is 0. The van der Waals surface area contributed by atoms with E-state index in [2.05, 4.69) is 24.5 Å². The summed E-state index contributed by atoms with van der Waals surface area (Å²) >= 11 is 0. The predicted molar refractivity (Wildman–Crippen MR) is 81.1 cm³/mol. The number of carbonyl (C=O) groups is 1. The number of amides is 1. The average molecular weight is 283 g/mol. The molecule has 1 saturated heterocycles. The molecule has 2 N–H and O–H groups in total. The van der Waals surface area contributed by atoms with Crippen molar-refractivity contribution in [1.29, 1.82) is 0 Å². The maximum Gasteiger partial charge on any atom is 0.251 e. The van der Waals surface area contributed by atoms with Gasteiger partial charge in [-0.15, -0.1) is 12.4 Å². The highest BCUT2D eigenvalue weighted by atomic mass is 35.5. The SMILES string of the molecule is Cc1ccc(C(=O)NC2CCCNC2C)cc1C.Cl. The van der Waals surface area contributed by atoms with Crippen molar-refractivity contribution >= 4 is 18.3 Å². The van der Waals surface area contributed by atoms with Crippen molar-refractivity contribution < 1.29 is 4.79 Å². The predicted octanol–water partition coefficient (Wildman–Crippen LogP) is 2.60. The fraction of sp³-hybridized carbons (Fsp3) is 0.533. The van der Waals surface area contributed by atoms with Crippen LogP contribution in [0.15, 0.2) is 18.2 Å². The Kier molecular flexibility index (Phi) is 5.83. The van der Waals surface area contributed by atoms with Crippen LogP contribution < -0.4 is 10.6 Å². The molecule has 0 radical (unpaired) electrons. The molecule has 1 aromatic carbocycles. The first-order valence-electron chi connectivity index (χ1n) is 6.69. The second kappa shape index (κ2) is 6.92. The zero-order chi connectivity index (χ0) is 13.1. The largest absolute Gasteiger partial charge is 0.348 e. The summed E-state index contributed by atoms with van der Waals surface area (Å²) in [5, 5.41) is 6.52. The van der Waals surface area contributed by atoms with E-state index in [-0.39, 0.29) is 24.4 Å². The van der Waals surface area contributed by atoms with Gasteiger partial charge in [-0.25, -0.2) is 0 Å². The molecule has 106 valence electrons. The molecule has 1 amide bonds. The van der Waals surface area contributed by atoms with E-state index in [0.29, 0.717) is 6.04 Å². The summed E-state index contributed by atoms with van der Waals surface area (Å²) in [4.78, 5) is 12.2. The normalized spacial score (nSPS) is 22.5. The number of hydrogen-bond acceptors (Lipinski definition) is 2. The van der Waals surface area contributed by atoms with E-state index in [4.69, 9.17) is 0 Å². The third kappa shape index (κ3) is 3.95. The Balaban J connectivity index is 0.00000180. The molecule has 4 heteroatoms. The van der Waals surface area contributed by atoms with Crippen LogP contribution in [0.4, 0.5) is 0 Å². The molecule has 2 atom stereocenters. The first-order chi connectivity index (χ1) is 8.58. The average Bonchev–Trinajstić information content (AvgIpc) is 2.35. The molecule has 2 unspecified atom stereocenters. The lowest BCUT2D eigenvalue weighted by Gasteiger charge is -2.30. The topological polar surface area (TPSA) is 41.1 Å². The molecule has 0 aromatic heterocycles. The van der Waals surface area contributed by atoms with E-state index in [1.165, 1.54) is 5.56 Å². The highest BCUT2D eigenvalue weighted by Gasteiger charge is 2.22. The number of piperidine rings is 1. The Morgan fingerprint density at radius 2 is 2.05 bits per heavy atom. The van der Waals surface area contributed by atoms with Crippen molar-refractivity contribution in [3.05, 3.63) is 34.9 Å². The molecule has 1 aliphatic heterocycles. The number of carbonyl (C=O) groups excluding carboxylic acids is 1. The van der Waals surface area contributed by atoms with Gasteiger partial charge in [-0.1, -0.05) is 6.07 Å². The van der Waals surface area contributed by atoms with Crippen LogP contribution in [-0.4, -0.2) is 24.5 Å². The lowest BCUT2D eigenvalue weighted by Crippen LogP contribution is -2.51. The molecule has 1 aromatic rings. The number of aryl methyl sites for hydroxylation is 2. The molecule has 0 aliphatic carbocycles. The third-order valence-corrected chi connectivity index (χ3v) is 3.85. The van der Waals surface area contributed by atoms with Gasteiger partial charge in [0.05, 0.1) is 0 Å². The number of halogens is 1. The van der Waals surface area contributed by atoms with E-state index in [1.807, 2.05) is 25.1 Å². The zero-order valence-electron chi connectivity index (χ0n) is 11.8. The minimum Gasteiger partial charge on any atom is -0.348 e. The fourth-order valence-corrected chi connectivity index (χ4v) is 2.38. The Hall–Kier alpha value is -1.06. The Labute approximate surface area is 121 Å². The van der Waals surface area contributed by atoms with Gasteiger partial charge in [-0.3, -0.25) is 4.79 Å². The van der Waals surface area contributed by atoms with Crippen LogP contribution in [0.5, 0.6) is 0 Å². The smallest absolute Gasteiger partial charge is 0.251 e. The molecule has 0 bridgehead atoms. The van der Waals surface area contributed by atoms with Crippen LogP contribution in [0.25, 0.3) is 0 Å². The van der Waals surface area contributed by atoms with Crippen molar-refractivity contribution in [3.8, 4) is 0 Å². The standard InChI is InChI=1S/C15H22N2O.ClH/c1-10-6-7-13(9-11(10)2)15(18)17-14-5-4-8-16-12(14)3;/h6-7,9,12,14,16H,4-5,8H2,1-3H3,(H,17,18);1H. The maximum absolute atomic E-state index is 12.2. The van der Waals surface area contributed by atoms with Crippen LogP contribution in [0.1, 0.15) is 41.3 Å². The Morgan fingerprint density at radius 1 is 1.32 bits per heavy atom. The number of benzene rings is 1. The molecule has 19 heavy (non-hydrogen) atoms. The summed E-state index contributed by atoms with van der Waals surface area (Å²) in [5.41, 5.74) is 3.15. The van der Waals surface area contributed by atoms with Gasteiger partial charge in [0.25, 0.3) is 5.91 Å². The lowest BCUT2D eigenvalue weighted by molar-refractivity contribution is 0.0920. The van der Waals surface area contributed by atoms with Crippen molar-refractivity contribution in [1.82, 2.24) is 10.6 Å². The highest BCUT2D eigenvalue weighted by Crippen LogP contribution is 2.12.